The van der Waals surface area contributed by atoms with E-state index < -0.39 is 11.3 Å². The molecule has 2 atom stereocenters. The lowest BCUT2D eigenvalue weighted by Crippen LogP contribution is -2.52. The van der Waals surface area contributed by atoms with E-state index in [1.807, 2.05) is 32.9 Å². The van der Waals surface area contributed by atoms with E-state index in [9.17, 15) is 9.18 Å². The van der Waals surface area contributed by atoms with Crippen molar-refractivity contribution in [1.29, 1.82) is 0 Å². The molecule has 1 amide bonds. The molecule has 0 spiro atoms. The van der Waals surface area contributed by atoms with Gasteiger partial charge in [0.05, 0.1) is 6.04 Å². The van der Waals surface area contributed by atoms with Crippen LogP contribution in [0.3, 0.4) is 0 Å². The molecule has 0 aliphatic carbocycles. The zero-order valence-electron chi connectivity index (χ0n) is 22.5. The van der Waals surface area contributed by atoms with Crippen LogP contribution < -0.4 is 0 Å². The van der Waals surface area contributed by atoms with Gasteiger partial charge in [0.25, 0.3) is 0 Å². The molecule has 1 N–H and O–H groups in total. The van der Waals surface area contributed by atoms with Gasteiger partial charge in [-0.2, -0.15) is 0 Å². The third-order valence-electron chi connectivity index (χ3n) is 7.20. The van der Waals surface area contributed by atoms with E-state index in [4.69, 9.17) is 4.74 Å². The number of aromatic nitrogens is 1. The maximum atomic E-state index is 15.3. The molecule has 1 aromatic carbocycles. The average molecular weight is 530 g/mol. The van der Waals surface area contributed by atoms with Crippen LogP contribution in [0.25, 0.3) is 10.9 Å². The van der Waals surface area contributed by atoms with Crippen LogP contribution in [-0.4, -0.2) is 57.8 Å². The van der Waals surface area contributed by atoms with Crippen LogP contribution in [-0.2, 0) is 17.6 Å². The fraction of sp³-hybridized carbons (Fsp3) is 0.552. The molecule has 5 nitrogen and oxygen atoms in total. The zero-order valence-corrected chi connectivity index (χ0v) is 23.3. The van der Waals surface area contributed by atoms with E-state index in [1.54, 1.807) is 24.8 Å². The van der Waals surface area contributed by atoms with Gasteiger partial charge in [0, 0.05) is 52.0 Å². The lowest BCUT2D eigenvalue weighted by molar-refractivity contribution is -0.000848. The van der Waals surface area contributed by atoms with Crippen LogP contribution in [0.2, 0.25) is 0 Å². The van der Waals surface area contributed by atoms with Gasteiger partial charge in [-0.15, -0.1) is 11.3 Å². The van der Waals surface area contributed by atoms with E-state index in [0.717, 1.165) is 22.5 Å². The minimum Gasteiger partial charge on any atom is -0.444 e. The second kappa shape index (κ2) is 9.38. The van der Waals surface area contributed by atoms with Gasteiger partial charge >= 0.3 is 6.09 Å². The van der Waals surface area contributed by atoms with Crippen LogP contribution in [0.4, 0.5) is 13.6 Å². The summed E-state index contributed by atoms with van der Waals surface area (Å²) in [7, 11) is 0. The number of amides is 1. The number of ether oxygens (including phenoxy) is 1. The summed E-state index contributed by atoms with van der Waals surface area (Å²) in [6.45, 7) is 12.3. The van der Waals surface area contributed by atoms with Crippen molar-refractivity contribution in [2.75, 3.05) is 19.6 Å². The first-order chi connectivity index (χ1) is 17.3. The van der Waals surface area contributed by atoms with Crippen molar-refractivity contribution in [2.24, 2.45) is 5.92 Å². The van der Waals surface area contributed by atoms with Gasteiger partial charge in [0.2, 0.25) is 0 Å². The summed E-state index contributed by atoms with van der Waals surface area (Å²) in [6.07, 6.45) is 1.07. The smallest absolute Gasteiger partial charge is 0.410 e. The molecule has 37 heavy (non-hydrogen) atoms. The molecule has 0 saturated carbocycles. The van der Waals surface area contributed by atoms with Gasteiger partial charge in [0.1, 0.15) is 17.1 Å². The van der Waals surface area contributed by atoms with Gasteiger partial charge in [-0.3, -0.25) is 4.90 Å². The van der Waals surface area contributed by atoms with E-state index in [-0.39, 0.29) is 36.5 Å². The van der Waals surface area contributed by atoms with Crippen LogP contribution in [0.1, 0.15) is 68.6 Å². The number of carbonyl (C=O) groups is 1. The highest BCUT2D eigenvalue weighted by molar-refractivity contribution is 7.12. The van der Waals surface area contributed by atoms with E-state index in [1.165, 1.54) is 22.3 Å². The first kappa shape index (κ1) is 26.2. The molecule has 0 radical (unpaired) electrons. The van der Waals surface area contributed by atoms with Crippen molar-refractivity contribution in [1.82, 2.24) is 14.8 Å². The van der Waals surface area contributed by atoms with Crippen LogP contribution in [0.15, 0.2) is 30.3 Å². The molecule has 1 fully saturated rings. The molecule has 2 aliphatic heterocycles. The Balaban J connectivity index is 1.41. The number of nitrogens with one attached hydrogen (secondary N) is 1. The topological polar surface area (TPSA) is 48.6 Å². The van der Waals surface area contributed by atoms with Crippen molar-refractivity contribution in [3.8, 4) is 0 Å². The Morgan fingerprint density at radius 3 is 2.57 bits per heavy atom. The molecule has 0 bridgehead atoms. The summed E-state index contributed by atoms with van der Waals surface area (Å²) in [4.78, 5) is 21.3. The predicted octanol–water partition coefficient (Wildman–Crippen LogP) is 6.86. The molecule has 2 aliphatic rings. The third-order valence-corrected chi connectivity index (χ3v) is 8.39. The highest BCUT2D eigenvalue weighted by Gasteiger charge is 2.40. The lowest BCUT2D eigenvalue weighted by atomic mass is 9.90. The number of H-pyrrole nitrogens is 1. The highest BCUT2D eigenvalue weighted by Crippen LogP contribution is 2.44. The molecule has 5 rings (SSSR count). The van der Waals surface area contributed by atoms with Crippen LogP contribution in [0, 0.1) is 11.7 Å². The molecule has 0 unspecified atom stereocenters. The minimum atomic E-state index is -1.38. The van der Waals surface area contributed by atoms with Crippen molar-refractivity contribution in [3.63, 3.8) is 0 Å². The minimum absolute atomic E-state index is 0.106. The first-order valence-corrected chi connectivity index (χ1v) is 13.9. The summed E-state index contributed by atoms with van der Waals surface area (Å²) in [6, 6.07) is 9.73. The number of alkyl halides is 1. The molecule has 4 heterocycles. The van der Waals surface area contributed by atoms with Gasteiger partial charge in [-0.1, -0.05) is 18.2 Å². The highest BCUT2D eigenvalue weighted by atomic mass is 32.1. The van der Waals surface area contributed by atoms with Gasteiger partial charge < -0.3 is 14.6 Å². The Kier molecular flexibility index (Phi) is 6.64. The number of benzene rings is 1. The summed E-state index contributed by atoms with van der Waals surface area (Å²) in [5, 5.41) is 1.18. The number of thiophene rings is 1. The molecular weight excluding hydrogens is 492 g/mol. The normalized spacial score (nSPS) is 21.2. The number of fused-ring (bicyclic) bond motifs is 3. The number of rotatable bonds is 5. The van der Waals surface area contributed by atoms with Crippen LogP contribution in [0.5, 0.6) is 0 Å². The Hall–Kier alpha value is -2.45. The number of hydrogen-bond donors (Lipinski definition) is 1. The van der Waals surface area contributed by atoms with Crippen LogP contribution >= 0.6 is 11.3 Å². The second-order valence-corrected chi connectivity index (χ2v) is 13.5. The Morgan fingerprint density at radius 2 is 1.89 bits per heavy atom. The quantitative estimate of drug-likeness (QED) is 0.393. The molecular formula is C29H37F2N3O2S. The number of para-hydroxylation sites is 1. The third kappa shape index (κ3) is 5.41. The maximum absolute atomic E-state index is 15.3. The fourth-order valence-electron chi connectivity index (χ4n) is 5.63. The maximum Gasteiger partial charge on any atom is 0.410 e. The average Bonchev–Trinajstić information content (AvgIpc) is 3.28. The number of hydrogen-bond acceptors (Lipinski definition) is 4. The number of halogens is 2. The Morgan fingerprint density at radius 1 is 1.19 bits per heavy atom. The Bertz CT molecular complexity index is 1300. The van der Waals surface area contributed by atoms with Crippen molar-refractivity contribution < 1.29 is 18.3 Å². The molecule has 200 valence electrons. The fourth-order valence-corrected chi connectivity index (χ4v) is 6.92. The van der Waals surface area contributed by atoms with Gasteiger partial charge in [-0.05, 0) is 78.0 Å². The van der Waals surface area contributed by atoms with Gasteiger partial charge in [0.15, 0.2) is 0 Å². The first-order valence-electron chi connectivity index (χ1n) is 13.1. The standard InChI is InChI=1S/C29H37F2N3O2S/c1-17-11-20-19-9-7-8-10-22(19)32-25(20)26(34(17)16-29(5,6)31)24-13-21(30)23(37-24)12-18-14-33(15-18)27(35)36-28(2,3)4/h7-10,13,17-18,26,32H,11-12,14-16H2,1-6H3/t17-,26-/m1/s1. The summed E-state index contributed by atoms with van der Waals surface area (Å²) in [5.74, 6) is -0.0191. The predicted molar refractivity (Wildman–Crippen MR) is 144 cm³/mol. The Labute approximate surface area is 221 Å². The molecule has 8 heteroatoms. The molecule has 1 saturated heterocycles. The molecule has 2 aromatic heterocycles. The summed E-state index contributed by atoms with van der Waals surface area (Å²) < 4.78 is 35.7. The van der Waals surface area contributed by atoms with E-state index in [0.29, 0.717) is 24.4 Å². The lowest BCUT2D eigenvalue weighted by Gasteiger charge is -2.42. The van der Waals surface area contributed by atoms with E-state index >= 15 is 4.39 Å². The largest absolute Gasteiger partial charge is 0.444 e. The van der Waals surface area contributed by atoms with Gasteiger partial charge in [-0.25, -0.2) is 13.6 Å². The zero-order chi connectivity index (χ0) is 26.7. The number of carbonyl (C=O) groups excluding carboxylic acids is 1. The van der Waals surface area contributed by atoms with E-state index in [2.05, 4.69) is 28.9 Å². The summed E-state index contributed by atoms with van der Waals surface area (Å²) >= 11 is 1.47. The second-order valence-electron chi connectivity index (χ2n) is 12.3. The molecule has 3 aromatic rings. The van der Waals surface area contributed by atoms with Crippen molar-refractivity contribution in [2.45, 2.75) is 77.7 Å². The monoisotopic (exact) mass is 529 g/mol. The number of likely N-dealkylation sites (tertiary alicyclic amines) is 1. The number of nitrogens with zero attached hydrogens (tertiary/aromatic N) is 2. The SMILES string of the molecule is C[C@@H]1Cc2c([nH]c3ccccc23)[C@@H](c2cc(F)c(CC3CN(C(=O)OC(C)(C)C)C3)s2)N1CC(C)(C)F. The summed E-state index contributed by atoms with van der Waals surface area (Å²) in [5.41, 5.74) is 1.42. The van der Waals surface area contributed by atoms with Crippen molar-refractivity contribution >= 4 is 28.3 Å². The van der Waals surface area contributed by atoms with Crippen molar-refractivity contribution in [3.05, 3.63) is 57.2 Å². The number of aromatic amines is 1.